The number of aryl methyl sites for hydroxylation is 1. The van der Waals surface area contributed by atoms with Crippen molar-refractivity contribution in [1.82, 2.24) is 20.2 Å². The molecule has 1 amide bonds. The Morgan fingerprint density at radius 3 is 2.59 bits per heavy atom. The Balaban J connectivity index is 1.66. The van der Waals surface area contributed by atoms with Crippen molar-refractivity contribution < 1.29 is 14.7 Å². The van der Waals surface area contributed by atoms with E-state index >= 15 is 0 Å². The highest BCUT2D eigenvalue weighted by Gasteiger charge is 2.14. The number of amides is 1. The maximum atomic E-state index is 12.2. The van der Waals surface area contributed by atoms with Crippen LogP contribution in [-0.2, 0) is 11.2 Å². The average molecular weight is 383 g/mol. The Labute approximate surface area is 159 Å². The molecule has 1 aromatic heterocycles. The zero-order valence-corrected chi connectivity index (χ0v) is 15.3. The van der Waals surface area contributed by atoms with Crippen molar-refractivity contribution in [2.45, 2.75) is 18.5 Å². The second-order valence-electron chi connectivity index (χ2n) is 5.58. The lowest BCUT2D eigenvalue weighted by Gasteiger charge is -2.08. The number of aromatic nitrogens is 4. The van der Waals surface area contributed by atoms with E-state index in [9.17, 15) is 14.7 Å². The third kappa shape index (κ3) is 4.50. The summed E-state index contributed by atoms with van der Waals surface area (Å²) in [4.78, 5) is 23.4. The Kier molecular flexibility index (Phi) is 5.82. The van der Waals surface area contributed by atoms with Crippen molar-refractivity contribution >= 4 is 29.3 Å². The first-order valence-electron chi connectivity index (χ1n) is 8.21. The van der Waals surface area contributed by atoms with Crippen LogP contribution in [0.1, 0.15) is 22.8 Å². The number of carboxylic acid groups (broad SMARTS) is 1. The molecule has 8 nitrogen and oxygen atoms in total. The minimum atomic E-state index is -1.10. The van der Waals surface area contributed by atoms with Crippen LogP contribution in [0.2, 0.25) is 0 Å². The van der Waals surface area contributed by atoms with E-state index in [0.717, 1.165) is 12.1 Å². The molecule has 0 fully saturated rings. The summed E-state index contributed by atoms with van der Waals surface area (Å²) in [6.07, 6.45) is 0.940. The van der Waals surface area contributed by atoms with Gasteiger partial charge in [-0.3, -0.25) is 4.79 Å². The van der Waals surface area contributed by atoms with Crippen LogP contribution in [0.4, 0.5) is 5.69 Å². The molecule has 138 valence electrons. The SMILES string of the molecule is CCc1ccc(-n2nnnc2SCC(=O)Nc2ccccc2C(=O)O)cc1. The first kappa shape index (κ1) is 18.6. The smallest absolute Gasteiger partial charge is 0.337 e. The maximum absolute atomic E-state index is 12.2. The number of aromatic carboxylic acids is 1. The average Bonchev–Trinajstić information content (AvgIpc) is 3.15. The third-order valence-electron chi connectivity index (χ3n) is 3.79. The number of hydrogen-bond donors (Lipinski definition) is 2. The number of tetrazole rings is 1. The molecular formula is C18H17N5O3S. The van der Waals surface area contributed by atoms with Gasteiger partial charge in [0.05, 0.1) is 22.7 Å². The highest BCUT2D eigenvalue weighted by Crippen LogP contribution is 2.20. The van der Waals surface area contributed by atoms with Crippen LogP contribution >= 0.6 is 11.8 Å². The number of para-hydroxylation sites is 1. The Morgan fingerprint density at radius 1 is 1.15 bits per heavy atom. The fourth-order valence-electron chi connectivity index (χ4n) is 2.40. The molecule has 0 aliphatic carbocycles. The van der Waals surface area contributed by atoms with Crippen LogP contribution in [0, 0.1) is 0 Å². The van der Waals surface area contributed by atoms with Gasteiger partial charge in [-0.1, -0.05) is 43.0 Å². The van der Waals surface area contributed by atoms with Gasteiger partial charge in [0.25, 0.3) is 0 Å². The number of thioether (sulfide) groups is 1. The van der Waals surface area contributed by atoms with Gasteiger partial charge in [-0.2, -0.15) is 4.68 Å². The van der Waals surface area contributed by atoms with Gasteiger partial charge in [-0.25, -0.2) is 4.79 Å². The fraction of sp³-hybridized carbons (Fsp3) is 0.167. The van der Waals surface area contributed by atoms with Crippen LogP contribution in [-0.4, -0.2) is 42.9 Å². The van der Waals surface area contributed by atoms with Gasteiger partial charge >= 0.3 is 5.97 Å². The highest BCUT2D eigenvalue weighted by molar-refractivity contribution is 7.99. The molecule has 0 radical (unpaired) electrons. The molecule has 2 aromatic carbocycles. The normalized spacial score (nSPS) is 10.6. The molecule has 2 N–H and O–H groups in total. The number of rotatable bonds is 7. The molecule has 0 saturated carbocycles. The Morgan fingerprint density at radius 2 is 1.89 bits per heavy atom. The molecule has 3 aromatic rings. The van der Waals surface area contributed by atoms with E-state index in [0.29, 0.717) is 5.16 Å². The van der Waals surface area contributed by atoms with Crippen LogP contribution in [0.15, 0.2) is 53.7 Å². The summed E-state index contributed by atoms with van der Waals surface area (Å²) >= 11 is 1.17. The molecule has 1 heterocycles. The minimum absolute atomic E-state index is 0.0386. The molecule has 27 heavy (non-hydrogen) atoms. The summed E-state index contributed by atoms with van der Waals surface area (Å²) in [5.74, 6) is -1.40. The molecule has 9 heteroatoms. The Hall–Kier alpha value is -3.20. The van der Waals surface area contributed by atoms with E-state index in [-0.39, 0.29) is 22.9 Å². The number of anilines is 1. The number of carbonyl (C=O) groups is 2. The molecule has 3 rings (SSSR count). The molecule has 0 unspecified atom stereocenters. The number of carbonyl (C=O) groups excluding carboxylic acids is 1. The standard InChI is InChI=1S/C18H17N5O3S/c1-2-12-7-9-13(10-8-12)23-18(20-21-22-23)27-11-16(24)19-15-6-4-3-5-14(15)17(25)26/h3-10H,2,11H2,1H3,(H,19,24)(H,25,26). The number of nitrogens with one attached hydrogen (secondary N) is 1. The van der Waals surface area contributed by atoms with E-state index in [2.05, 4.69) is 27.8 Å². The number of carboxylic acids is 1. The van der Waals surface area contributed by atoms with Crippen molar-refractivity contribution in [3.05, 3.63) is 59.7 Å². The summed E-state index contributed by atoms with van der Waals surface area (Å²) in [6.45, 7) is 2.08. The third-order valence-corrected chi connectivity index (χ3v) is 4.71. The zero-order valence-electron chi connectivity index (χ0n) is 14.5. The van der Waals surface area contributed by atoms with Gasteiger partial charge in [0.15, 0.2) is 0 Å². The van der Waals surface area contributed by atoms with Gasteiger partial charge in [-0.05, 0) is 46.7 Å². The maximum Gasteiger partial charge on any atom is 0.337 e. The van der Waals surface area contributed by atoms with E-state index < -0.39 is 5.97 Å². The van der Waals surface area contributed by atoms with Gasteiger partial charge in [0.1, 0.15) is 0 Å². The first-order valence-corrected chi connectivity index (χ1v) is 9.19. The van der Waals surface area contributed by atoms with E-state index in [1.165, 1.54) is 23.4 Å². The quantitative estimate of drug-likeness (QED) is 0.604. The summed E-state index contributed by atoms with van der Waals surface area (Å²) in [5, 5.41) is 23.8. The predicted octanol–water partition coefficient (Wildman–Crippen LogP) is 2.65. The van der Waals surface area contributed by atoms with Crippen molar-refractivity contribution in [1.29, 1.82) is 0 Å². The van der Waals surface area contributed by atoms with Crippen LogP contribution in [0.3, 0.4) is 0 Å². The molecule has 0 atom stereocenters. The van der Waals surface area contributed by atoms with E-state index in [1.807, 2.05) is 24.3 Å². The Bertz CT molecular complexity index is 956. The number of hydrogen-bond acceptors (Lipinski definition) is 6. The van der Waals surface area contributed by atoms with Gasteiger partial charge in [-0.15, -0.1) is 5.10 Å². The van der Waals surface area contributed by atoms with E-state index in [4.69, 9.17) is 0 Å². The first-order chi connectivity index (χ1) is 13.1. The van der Waals surface area contributed by atoms with E-state index in [1.54, 1.807) is 22.9 Å². The number of nitrogens with zero attached hydrogens (tertiary/aromatic N) is 4. The summed E-state index contributed by atoms with van der Waals surface area (Å²) in [5.41, 5.74) is 2.30. The molecular weight excluding hydrogens is 366 g/mol. The van der Waals surface area contributed by atoms with Crippen LogP contribution in [0.5, 0.6) is 0 Å². The van der Waals surface area contributed by atoms with Crippen LogP contribution in [0.25, 0.3) is 5.69 Å². The lowest BCUT2D eigenvalue weighted by Crippen LogP contribution is -2.17. The molecule has 0 bridgehead atoms. The summed E-state index contributed by atoms with van der Waals surface area (Å²) in [6, 6.07) is 14.1. The molecule has 0 saturated heterocycles. The fourth-order valence-corrected chi connectivity index (χ4v) is 3.09. The predicted molar refractivity (Wildman–Crippen MR) is 101 cm³/mol. The summed E-state index contributed by atoms with van der Waals surface area (Å²) < 4.78 is 1.56. The monoisotopic (exact) mass is 383 g/mol. The van der Waals surface area contributed by atoms with Crippen molar-refractivity contribution in [2.75, 3.05) is 11.1 Å². The van der Waals surface area contributed by atoms with Crippen molar-refractivity contribution in [3.8, 4) is 5.69 Å². The highest BCUT2D eigenvalue weighted by atomic mass is 32.2. The number of benzene rings is 2. The lowest BCUT2D eigenvalue weighted by atomic mass is 10.1. The van der Waals surface area contributed by atoms with Gasteiger partial charge in [0, 0.05) is 0 Å². The molecule has 0 aliphatic heterocycles. The minimum Gasteiger partial charge on any atom is -0.478 e. The van der Waals surface area contributed by atoms with Crippen LogP contribution < -0.4 is 5.32 Å². The van der Waals surface area contributed by atoms with Gasteiger partial charge < -0.3 is 10.4 Å². The van der Waals surface area contributed by atoms with Gasteiger partial charge in [0.2, 0.25) is 11.1 Å². The lowest BCUT2D eigenvalue weighted by molar-refractivity contribution is -0.113. The summed E-state index contributed by atoms with van der Waals surface area (Å²) in [7, 11) is 0. The second-order valence-corrected chi connectivity index (χ2v) is 6.52. The van der Waals surface area contributed by atoms with Crippen molar-refractivity contribution in [2.24, 2.45) is 0 Å². The zero-order chi connectivity index (χ0) is 19.2. The largest absolute Gasteiger partial charge is 0.478 e. The molecule has 0 spiro atoms. The molecule has 0 aliphatic rings. The van der Waals surface area contributed by atoms with Crippen molar-refractivity contribution in [3.63, 3.8) is 0 Å². The second kappa shape index (κ2) is 8.45. The topological polar surface area (TPSA) is 110 Å².